The van der Waals surface area contributed by atoms with Crippen LogP contribution in [-0.4, -0.2) is 43.7 Å². The molecular formula is C22H34N4O2. The van der Waals surface area contributed by atoms with E-state index >= 15 is 0 Å². The molecule has 3 N–H and O–H groups in total. The van der Waals surface area contributed by atoms with E-state index in [1.54, 1.807) is 0 Å². The first-order valence-electron chi connectivity index (χ1n) is 10.8. The highest BCUT2D eigenvalue weighted by Gasteiger charge is 2.17. The summed E-state index contributed by atoms with van der Waals surface area (Å²) in [7, 11) is 0. The maximum Gasteiger partial charge on any atom is 0.251 e. The third kappa shape index (κ3) is 6.51. The second-order valence-electron chi connectivity index (χ2n) is 7.72. The van der Waals surface area contributed by atoms with Gasteiger partial charge in [-0.05, 0) is 50.3 Å². The smallest absolute Gasteiger partial charge is 0.251 e. The largest absolute Gasteiger partial charge is 0.376 e. The van der Waals surface area contributed by atoms with Gasteiger partial charge < -0.3 is 20.7 Å². The second-order valence-corrected chi connectivity index (χ2v) is 7.72. The van der Waals surface area contributed by atoms with Gasteiger partial charge in [-0.3, -0.25) is 4.79 Å². The summed E-state index contributed by atoms with van der Waals surface area (Å²) in [6, 6.07) is 8.24. The van der Waals surface area contributed by atoms with Crippen LogP contribution in [0.2, 0.25) is 0 Å². The molecule has 0 bridgehead atoms. The minimum Gasteiger partial charge on any atom is -0.376 e. The van der Waals surface area contributed by atoms with Gasteiger partial charge in [0.05, 0.1) is 12.6 Å². The van der Waals surface area contributed by atoms with Crippen LogP contribution in [0.3, 0.4) is 0 Å². The average molecular weight is 387 g/mol. The van der Waals surface area contributed by atoms with Crippen LogP contribution in [-0.2, 0) is 11.3 Å². The molecule has 6 nitrogen and oxygen atoms in total. The van der Waals surface area contributed by atoms with Crippen molar-refractivity contribution >= 4 is 11.9 Å². The molecule has 154 valence electrons. The number of benzene rings is 1. The number of hydrogen-bond acceptors (Lipinski definition) is 3. The average Bonchev–Trinajstić information content (AvgIpc) is 3.25. The number of carbonyl (C=O) groups is 1. The van der Waals surface area contributed by atoms with Crippen LogP contribution >= 0.6 is 0 Å². The molecule has 1 heterocycles. The molecule has 1 aromatic rings. The number of nitrogens with one attached hydrogen (secondary N) is 3. The third-order valence-electron chi connectivity index (χ3n) is 5.41. The van der Waals surface area contributed by atoms with E-state index in [2.05, 4.69) is 22.9 Å². The Morgan fingerprint density at radius 1 is 1.14 bits per heavy atom. The molecule has 2 aliphatic rings. The van der Waals surface area contributed by atoms with Crippen molar-refractivity contribution in [3.05, 3.63) is 35.4 Å². The van der Waals surface area contributed by atoms with Crippen LogP contribution in [0.25, 0.3) is 0 Å². The summed E-state index contributed by atoms with van der Waals surface area (Å²) in [5.74, 6) is 0.816. The van der Waals surface area contributed by atoms with E-state index in [1.807, 2.05) is 24.3 Å². The van der Waals surface area contributed by atoms with Crippen molar-refractivity contribution in [2.24, 2.45) is 4.99 Å². The summed E-state index contributed by atoms with van der Waals surface area (Å²) in [6.45, 7) is 4.85. The van der Waals surface area contributed by atoms with Gasteiger partial charge in [-0.25, -0.2) is 4.99 Å². The Hall–Kier alpha value is -2.08. The minimum absolute atomic E-state index is 0.0476. The lowest BCUT2D eigenvalue weighted by atomic mass is 9.96. The fourth-order valence-electron chi connectivity index (χ4n) is 3.86. The molecule has 1 unspecified atom stereocenters. The number of aliphatic imine (C=N–C) groups is 1. The number of amides is 1. The Morgan fingerprint density at radius 3 is 2.75 bits per heavy atom. The van der Waals surface area contributed by atoms with E-state index in [4.69, 9.17) is 9.73 Å². The monoisotopic (exact) mass is 386 g/mol. The number of rotatable bonds is 7. The highest BCUT2D eigenvalue weighted by Crippen LogP contribution is 2.17. The van der Waals surface area contributed by atoms with Crippen LogP contribution in [0.15, 0.2) is 29.3 Å². The minimum atomic E-state index is -0.0476. The van der Waals surface area contributed by atoms with Gasteiger partial charge in [0.25, 0.3) is 5.91 Å². The summed E-state index contributed by atoms with van der Waals surface area (Å²) >= 11 is 0. The van der Waals surface area contributed by atoms with Crippen molar-refractivity contribution in [2.45, 2.75) is 70.6 Å². The van der Waals surface area contributed by atoms with Crippen LogP contribution in [0.5, 0.6) is 0 Å². The number of carbonyl (C=O) groups excluding carboxylic acids is 1. The number of ether oxygens (including phenoxy) is 1. The molecule has 1 aromatic carbocycles. The Balaban J connectivity index is 1.55. The normalized spacial score (nSPS) is 20.8. The molecule has 1 saturated heterocycles. The van der Waals surface area contributed by atoms with E-state index in [9.17, 15) is 4.79 Å². The molecule has 0 radical (unpaired) electrons. The van der Waals surface area contributed by atoms with Crippen LogP contribution < -0.4 is 16.0 Å². The first-order chi connectivity index (χ1) is 13.7. The molecule has 1 atom stereocenters. The molecule has 1 saturated carbocycles. The van der Waals surface area contributed by atoms with Crippen molar-refractivity contribution < 1.29 is 9.53 Å². The molecule has 6 heteroatoms. The zero-order chi connectivity index (χ0) is 19.6. The predicted molar refractivity (Wildman–Crippen MR) is 113 cm³/mol. The van der Waals surface area contributed by atoms with Crippen molar-refractivity contribution in [3.8, 4) is 0 Å². The molecule has 2 fully saturated rings. The molecule has 0 spiro atoms. The second kappa shape index (κ2) is 11.1. The molecule has 0 aromatic heterocycles. The molecule has 1 amide bonds. The standard InChI is InChI=1S/C22H34N4O2/c1-2-23-22(26-19-10-4-3-5-11-19)25-15-17-8-6-9-18(14-17)21(27)24-16-20-12-7-13-28-20/h6,8-9,14,19-20H,2-5,7,10-13,15-16H2,1H3,(H,24,27)(H2,23,25,26). The number of hydrogen-bond donors (Lipinski definition) is 3. The van der Waals surface area contributed by atoms with Gasteiger partial charge in [0.1, 0.15) is 0 Å². The molecule has 3 rings (SSSR count). The fourth-order valence-corrected chi connectivity index (χ4v) is 3.86. The predicted octanol–water partition coefficient (Wildman–Crippen LogP) is 2.98. The van der Waals surface area contributed by atoms with Crippen LogP contribution in [0.4, 0.5) is 0 Å². The summed E-state index contributed by atoms with van der Waals surface area (Å²) in [5.41, 5.74) is 1.71. The van der Waals surface area contributed by atoms with E-state index in [0.29, 0.717) is 24.7 Å². The summed E-state index contributed by atoms with van der Waals surface area (Å²) in [4.78, 5) is 17.2. The topological polar surface area (TPSA) is 74.8 Å². The molecule has 1 aliphatic carbocycles. The van der Waals surface area contributed by atoms with E-state index in [0.717, 1.165) is 37.5 Å². The molecule has 1 aliphatic heterocycles. The van der Waals surface area contributed by atoms with E-state index in [1.165, 1.54) is 32.1 Å². The highest BCUT2D eigenvalue weighted by atomic mass is 16.5. The lowest BCUT2D eigenvalue weighted by molar-refractivity contribution is 0.0857. The van der Waals surface area contributed by atoms with Gasteiger partial charge in [0.15, 0.2) is 5.96 Å². The van der Waals surface area contributed by atoms with Crippen molar-refractivity contribution in [3.63, 3.8) is 0 Å². The zero-order valence-electron chi connectivity index (χ0n) is 17.0. The van der Waals surface area contributed by atoms with Gasteiger partial charge in [-0.15, -0.1) is 0 Å². The van der Waals surface area contributed by atoms with Gasteiger partial charge >= 0.3 is 0 Å². The van der Waals surface area contributed by atoms with E-state index in [-0.39, 0.29) is 12.0 Å². The Kier molecular flexibility index (Phi) is 8.15. The number of guanidine groups is 1. The Morgan fingerprint density at radius 2 is 2.00 bits per heavy atom. The quantitative estimate of drug-likeness (QED) is 0.497. The maximum absolute atomic E-state index is 12.4. The van der Waals surface area contributed by atoms with Crippen molar-refractivity contribution in [1.82, 2.24) is 16.0 Å². The maximum atomic E-state index is 12.4. The summed E-state index contributed by atoms with van der Waals surface area (Å²) in [5, 5.41) is 9.88. The summed E-state index contributed by atoms with van der Waals surface area (Å²) in [6.07, 6.45) is 8.61. The van der Waals surface area contributed by atoms with Gasteiger partial charge in [-0.1, -0.05) is 31.4 Å². The molecule has 28 heavy (non-hydrogen) atoms. The summed E-state index contributed by atoms with van der Waals surface area (Å²) < 4.78 is 5.57. The lowest BCUT2D eigenvalue weighted by Crippen LogP contribution is -2.44. The van der Waals surface area contributed by atoms with Gasteiger partial charge in [0, 0.05) is 31.3 Å². The van der Waals surface area contributed by atoms with Crippen LogP contribution in [0, 0.1) is 0 Å². The van der Waals surface area contributed by atoms with Crippen molar-refractivity contribution in [1.29, 1.82) is 0 Å². The first kappa shape index (κ1) is 20.6. The zero-order valence-corrected chi connectivity index (χ0v) is 17.0. The van der Waals surface area contributed by atoms with E-state index < -0.39 is 0 Å². The fraction of sp³-hybridized carbons (Fsp3) is 0.636. The SMILES string of the molecule is CCNC(=NCc1cccc(C(=O)NCC2CCCO2)c1)NC1CCCCC1. The van der Waals surface area contributed by atoms with Gasteiger partial charge in [-0.2, -0.15) is 0 Å². The Labute approximate surface area is 168 Å². The third-order valence-corrected chi connectivity index (χ3v) is 5.41. The Bertz CT molecular complexity index is 650. The first-order valence-corrected chi connectivity index (χ1v) is 10.8. The van der Waals surface area contributed by atoms with Gasteiger partial charge in [0.2, 0.25) is 0 Å². The van der Waals surface area contributed by atoms with Crippen LogP contribution in [0.1, 0.15) is 67.8 Å². The highest BCUT2D eigenvalue weighted by molar-refractivity contribution is 5.94. The van der Waals surface area contributed by atoms with Crippen molar-refractivity contribution in [2.75, 3.05) is 19.7 Å². The number of nitrogens with zero attached hydrogens (tertiary/aromatic N) is 1. The molecular weight excluding hydrogens is 352 g/mol. The lowest BCUT2D eigenvalue weighted by Gasteiger charge is -2.24.